The van der Waals surface area contributed by atoms with Gasteiger partial charge in [0.1, 0.15) is 22.4 Å². The summed E-state index contributed by atoms with van der Waals surface area (Å²) in [6, 6.07) is 6.67. The highest BCUT2D eigenvalue weighted by Gasteiger charge is 2.09. The van der Waals surface area contributed by atoms with E-state index in [0.29, 0.717) is 39.7 Å². The molecule has 2 aromatic rings. The molecule has 0 atom stereocenters. The monoisotopic (exact) mass is 283 g/mol. The molecular formula is C12H11Cl2N3O. The number of nitrogens with zero attached hydrogens (tertiary/aromatic N) is 2. The van der Waals surface area contributed by atoms with E-state index < -0.39 is 0 Å². The molecule has 0 spiro atoms. The SMILES string of the molecule is CCc1nc(N)cc(Oc2cccc(Cl)c2Cl)n1. The zero-order chi connectivity index (χ0) is 13.1. The molecule has 2 N–H and O–H groups in total. The summed E-state index contributed by atoms with van der Waals surface area (Å²) in [6.45, 7) is 1.94. The third kappa shape index (κ3) is 2.83. The molecule has 0 aliphatic heterocycles. The van der Waals surface area contributed by atoms with Crippen molar-refractivity contribution < 1.29 is 4.74 Å². The number of benzene rings is 1. The lowest BCUT2D eigenvalue weighted by atomic mass is 10.3. The van der Waals surface area contributed by atoms with Crippen molar-refractivity contribution in [3.8, 4) is 11.6 Å². The molecule has 4 nitrogen and oxygen atoms in total. The average molecular weight is 284 g/mol. The molecule has 0 fully saturated rings. The number of ether oxygens (including phenoxy) is 1. The normalized spacial score (nSPS) is 10.4. The molecular weight excluding hydrogens is 273 g/mol. The Morgan fingerprint density at radius 2 is 2.06 bits per heavy atom. The van der Waals surface area contributed by atoms with Gasteiger partial charge in [-0.2, -0.15) is 4.98 Å². The fourth-order valence-corrected chi connectivity index (χ4v) is 1.71. The molecule has 0 aliphatic rings. The Morgan fingerprint density at radius 3 is 2.78 bits per heavy atom. The number of halogens is 2. The largest absolute Gasteiger partial charge is 0.437 e. The molecule has 0 bridgehead atoms. The second-order valence-electron chi connectivity index (χ2n) is 3.55. The molecule has 0 saturated carbocycles. The van der Waals surface area contributed by atoms with Gasteiger partial charge in [-0.05, 0) is 12.1 Å². The van der Waals surface area contributed by atoms with E-state index in [0.717, 1.165) is 0 Å². The minimum Gasteiger partial charge on any atom is -0.437 e. The zero-order valence-corrected chi connectivity index (χ0v) is 11.2. The van der Waals surface area contributed by atoms with Gasteiger partial charge < -0.3 is 10.5 Å². The van der Waals surface area contributed by atoms with Gasteiger partial charge in [-0.25, -0.2) is 4.98 Å². The fourth-order valence-electron chi connectivity index (χ4n) is 1.38. The Labute approximate surface area is 115 Å². The topological polar surface area (TPSA) is 61.0 Å². The number of nitrogens with two attached hydrogens (primary N) is 1. The van der Waals surface area contributed by atoms with Crippen molar-refractivity contribution in [3.05, 3.63) is 40.1 Å². The summed E-state index contributed by atoms with van der Waals surface area (Å²) in [5.41, 5.74) is 5.67. The minimum absolute atomic E-state index is 0.342. The molecule has 2 rings (SSSR count). The predicted octanol–water partition coefficient (Wildman–Crippen LogP) is 3.72. The van der Waals surface area contributed by atoms with Gasteiger partial charge in [0.15, 0.2) is 0 Å². The minimum atomic E-state index is 0.342. The van der Waals surface area contributed by atoms with E-state index >= 15 is 0 Å². The number of hydrogen-bond acceptors (Lipinski definition) is 4. The van der Waals surface area contributed by atoms with Crippen LogP contribution in [-0.2, 0) is 6.42 Å². The van der Waals surface area contributed by atoms with E-state index in [-0.39, 0.29) is 0 Å². The molecule has 18 heavy (non-hydrogen) atoms. The van der Waals surface area contributed by atoms with Crippen molar-refractivity contribution in [2.45, 2.75) is 13.3 Å². The van der Waals surface area contributed by atoms with Crippen LogP contribution in [0.25, 0.3) is 0 Å². The number of aromatic nitrogens is 2. The van der Waals surface area contributed by atoms with Crippen molar-refractivity contribution in [1.82, 2.24) is 9.97 Å². The van der Waals surface area contributed by atoms with Crippen LogP contribution in [-0.4, -0.2) is 9.97 Å². The maximum atomic E-state index is 6.02. The maximum Gasteiger partial charge on any atom is 0.224 e. The van der Waals surface area contributed by atoms with E-state index in [1.54, 1.807) is 18.2 Å². The number of hydrogen-bond donors (Lipinski definition) is 1. The summed E-state index contributed by atoms with van der Waals surface area (Å²) in [5, 5.41) is 0.765. The van der Waals surface area contributed by atoms with Gasteiger partial charge in [0.05, 0.1) is 5.02 Å². The number of rotatable bonds is 3. The van der Waals surface area contributed by atoms with Crippen LogP contribution in [0.2, 0.25) is 10.0 Å². The van der Waals surface area contributed by atoms with Crippen molar-refractivity contribution in [2.24, 2.45) is 0 Å². The van der Waals surface area contributed by atoms with E-state index in [4.69, 9.17) is 33.7 Å². The molecule has 1 aromatic carbocycles. The lowest BCUT2D eigenvalue weighted by Crippen LogP contribution is -2.00. The van der Waals surface area contributed by atoms with E-state index in [1.165, 1.54) is 6.07 Å². The molecule has 1 heterocycles. The van der Waals surface area contributed by atoms with Crippen molar-refractivity contribution in [2.75, 3.05) is 5.73 Å². The Morgan fingerprint density at radius 1 is 1.28 bits per heavy atom. The van der Waals surface area contributed by atoms with Gasteiger partial charge in [-0.3, -0.25) is 0 Å². The Bertz CT molecular complexity index is 575. The molecule has 6 heteroatoms. The fraction of sp³-hybridized carbons (Fsp3) is 0.167. The van der Waals surface area contributed by atoms with E-state index in [9.17, 15) is 0 Å². The van der Waals surface area contributed by atoms with Crippen LogP contribution < -0.4 is 10.5 Å². The standard InChI is InChI=1S/C12H11Cl2N3O/c1-2-10-16-9(15)6-11(17-10)18-8-5-3-4-7(13)12(8)14/h3-6H,2H2,1H3,(H2,15,16,17). The van der Waals surface area contributed by atoms with Crippen LogP contribution >= 0.6 is 23.2 Å². The Kier molecular flexibility index (Phi) is 3.89. The molecule has 0 unspecified atom stereocenters. The Hall–Kier alpha value is -1.52. The van der Waals surface area contributed by atoms with Gasteiger partial charge in [0.25, 0.3) is 0 Å². The highest BCUT2D eigenvalue weighted by molar-refractivity contribution is 6.42. The molecule has 1 aromatic heterocycles. The van der Waals surface area contributed by atoms with Crippen LogP contribution in [0.1, 0.15) is 12.7 Å². The van der Waals surface area contributed by atoms with Crippen LogP contribution in [0.4, 0.5) is 5.82 Å². The van der Waals surface area contributed by atoms with Crippen molar-refractivity contribution in [3.63, 3.8) is 0 Å². The quantitative estimate of drug-likeness (QED) is 0.933. The first-order valence-electron chi connectivity index (χ1n) is 5.35. The van der Waals surface area contributed by atoms with Crippen LogP contribution in [0, 0.1) is 0 Å². The highest BCUT2D eigenvalue weighted by Crippen LogP contribution is 2.34. The first-order chi connectivity index (χ1) is 8.60. The van der Waals surface area contributed by atoms with Gasteiger partial charge in [0, 0.05) is 12.5 Å². The number of nitrogen functional groups attached to an aromatic ring is 1. The van der Waals surface area contributed by atoms with Gasteiger partial charge in [-0.1, -0.05) is 36.2 Å². The average Bonchev–Trinajstić information content (AvgIpc) is 2.34. The van der Waals surface area contributed by atoms with Gasteiger partial charge in [0.2, 0.25) is 5.88 Å². The first-order valence-corrected chi connectivity index (χ1v) is 6.11. The van der Waals surface area contributed by atoms with Crippen LogP contribution in [0.15, 0.2) is 24.3 Å². The van der Waals surface area contributed by atoms with Gasteiger partial charge >= 0.3 is 0 Å². The van der Waals surface area contributed by atoms with Crippen LogP contribution in [0.5, 0.6) is 11.6 Å². The van der Waals surface area contributed by atoms with Crippen molar-refractivity contribution in [1.29, 1.82) is 0 Å². The third-order valence-electron chi connectivity index (χ3n) is 2.22. The van der Waals surface area contributed by atoms with E-state index in [1.807, 2.05) is 6.92 Å². The van der Waals surface area contributed by atoms with Gasteiger partial charge in [-0.15, -0.1) is 0 Å². The van der Waals surface area contributed by atoms with E-state index in [2.05, 4.69) is 9.97 Å². The number of aryl methyl sites for hydroxylation is 1. The molecule has 0 radical (unpaired) electrons. The lowest BCUT2D eigenvalue weighted by molar-refractivity contribution is 0.459. The third-order valence-corrected chi connectivity index (χ3v) is 3.02. The predicted molar refractivity (Wildman–Crippen MR) is 72.4 cm³/mol. The smallest absolute Gasteiger partial charge is 0.224 e. The summed E-state index contributed by atoms with van der Waals surface area (Å²) in [5.74, 6) is 1.76. The molecule has 0 aliphatic carbocycles. The first kappa shape index (κ1) is 12.9. The molecule has 0 saturated heterocycles. The molecule has 94 valence electrons. The second-order valence-corrected chi connectivity index (χ2v) is 4.34. The van der Waals surface area contributed by atoms with Crippen molar-refractivity contribution >= 4 is 29.0 Å². The summed E-state index contributed by atoms with van der Waals surface area (Å²) in [4.78, 5) is 8.26. The summed E-state index contributed by atoms with van der Waals surface area (Å²) in [7, 11) is 0. The summed E-state index contributed by atoms with van der Waals surface area (Å²) >= 11 is 11.9. The maximum absolute atomic E-state index is 6.02. The lowest BCUT2D eigenvalue weighted by Gasteiger charge is -2.08. The summed E-state index contributed by atoms with van der Waals surface area (Å²) in [6.07, 6.45) is 0.671. The molecule has 0 amide bonds. The Balaban J connectivity index is 2.34. The van der Waals surface area contributed by atoms with Crippen LogP contribution in [0.3, 0.4) is 0 Å². The summed E-state index contributed by atoms with van der Waals surface area (Å²) < 4.78 is 5.57. The second kappa shape index (κ2) is 5.42. The number of anilines is 1. The zero-order valence-electron chi connectivity index (χ0n) is 9.65. The highest BCUT2D eigenvalue weighted by atomic mass is 35.5.